The van der Waals surface area contributed by atoms with Gasteiger partial charge in [-0.3, -0.25) is 4.79 Å². The first-order valence-electron chi connectivity index (χ1n) is 5.93. The molecule has 1 saturated carbocycles. The third kappa shape index (κ3) is 2.21. The van der Waals surface area contributed by atoms with Crippen LogP contribution in [0.2, 0.25) is 0 Å². The highest BCUT2D eigenvalue weighted by molar-refractivity contribution is 5.85. The minimum atomic E-state index is -0.662. The van der Waals surface area contributed by atoms with E-state index in [-0.39, 0.29) is 12.0 Å². The summed E-state index contributed by atoms with van der Waals surface area (Å²) in [5.74, 6) is 0.0445. The van der Waals surface area contributed by atoms with Crippen LogP contribution in [0.3, 0.4) is 0 Å². The molecule has 0 aromatic heterocycles. The van der Waals surface area contributed by atoms with Crippen LogP contribution in [0, 0.1) is 5.92 Å². The van der Waals surface area contributed by atoms with Gasteiger partial charge in [0.25, 0.3) is 0 Å². The first-order valence-corrected chi connectivity index (χ1v) is 5.93. The van der Waals surface area contributed by atoms with Crippen molar-refractivity contribution >= 4 is 5.91 Å². The number of nitrogens with two attached hydrogens (primary N) is 1. The molecule has 1 heterocycles. The summed E-state index contributed by atoms with van der Waals surface area (Å²) >= 11 is 0. The number of nitrogens with one attached hydrogen (secondary N) is 1. The van der Waals surface area contributed by atoms with E-state index in [9.17, 15) is 4.79 Å². The lowest BCUT2D eigenvalue weighted by Gasteiger charge is -2.35. The third-order valence-electron chi connectivity index (χ3n) is 3.36. The Morgan fingerprint density at radius 3 is 2.62 bits per heavy atom. The quantitative estimate of drug-likeness (QED) is 0.624. The molecule has 0 spiro atoms. The zero-order valence-electron chi connectivity index (χ0n) is 9.70. The van der Waals surface area contributed by atoms with Crippen LogP contribution in [0.1, 0.15) is 19.8 Å². The van der Waals surface area contributed by atoms with Gasteiger partial charge in [-0.25, -0.2) is 0 Å². The first kappa shape index (κ1) is 11.8. The smallest absolute Gasteiger partial charge is 0.240 e. The number of likely N-dealkylation sites (N-methyl/N-ethyl adjacent to an activating group) is 1. The molecule has 5 heteroatoms. The van der Waals surface area contributed by atoms with Crippen LogP contribution in [0.15, 0.2) is 0 Å². The monoisotopic (exact) mass is 228 g/mol. The van der Waals surface area contributed by atoms with Crippen LogP contribution < -0.4 is 11.1 Å². The Labute approximate surface area is 95.7 Å². The second kappa shape index (κ2) is 4.69. The van der Waals surface area contributed by atoms with E-state index >= 15 is 0 Å². The molecule has 2 aliphatic rings. The van der Waals surface area contributed by atoms with E-state index in [2.05, 4.69) is 5.32 Å². The van der Waals surface area contributed by atoms with Gasteiger partial charge in [-0.05, 0) is 25.3 Å². The highest BCUT2D eigenvalue weighted by Crippen LogP contribution is 2.40. The molecule has 3 N–H and O–H groups in total. The van der Waals surface area contributed by atoms with Crippen molar-refractivity contribution in [2.75, 3.05) is 26.4 Å². The first-order chi connectivity index (χ1) is 7.69. The summed E-state index contributed by atoms with van der Waals surface area (Å²) in [7, 11) is 0. The lowest BCUT2D eigenvalue weighted by Crippen LogP contribution is -2.61. The average molecular weight is 228 g/mol. The van der Waals surface area contributed by atoms with Crippen LogP contribution in [0.4, 0.5) is 0 Å². The van der Waals surface area contributed by atoms with Gasteiger partial charge in [-0.1, -0.05) is 6.92 Å². The molecule has 2 fully saturated rings. The predicted octanol–water partition coefficient (Wildman–Crippen LogP) is -0.355. The lowest BCUT2D eigenvalue weighted by molar-refractivity contribution is -0.151. The molecule has 92 valence electrons. The SMILES string of the molecule is CCNC(COC1COC1)(C(N)=O)C1CC1. The maximum Gasteiger partial charge on any atom is 0.240 e. The Balaban J connectivity index is 1.95. The summed E-state index contributed by atoms with van der Waals surface area (Å²) in [6.07, 6.45) is 2.25. The number of carbonyl (C=O) groups is 1. The zero-order chi connectivity index (χ0) is 11.6. The zero-order valence-corrected chi connectivity index (χ0v) is 9.70. The standard InChI is InChI=1S/C11H20N2O3/c1-2-13-11(10(12)14,8-3-4-8)7-16-9-5-15-6-9/h8-9,13H,2-7H2,1H3,(H2,12,14). The molecular formula is C11H20N2O3. The van der Waals surface area contributed by atoms with Gasteiger partial charge < -0.3 is 20.5 Å². The van der Waals surface area contributed by atoms with Crippen LogP contribution in [0.25, 0.3) is 0 Å². The fourth-order valence-electron chi connectivity index (χ4n) is 2.12. The summed E-state index contributed by atoms with van der Waals surface area (Å²) in [6, 6.07) is 0. The molecule has 1 unspecified atom stereocenters. The van der Waals surface area contributed by atoms with Crippen molar-refractivity contribution in [1.82, 2.24) is 5.32 Å². The lowest BCUT2D eigenvalue weighted by atomic mass is 9.93. The summed E-state index contributed by atoms with van der Waals surface area (Å²) in [6.45, 7) is 4.34. The summed E-state index contributed by atoms with van der Waals surface area (Å²) in [4.78, 5) is 11.7. The molecule has 1 aliphatic carbocycles. The molecule has 0 bridgehead atoms. The average Bonchev–Trinajstić information content (AvgIpc) is 2.96. The topological polar surface area (TPSA) is 73.6 Å². The molecule has 0 aromatic rings. The number of amides is 1. The molecule has 5 nitrogen and oxygen atoms in total. The van der Waals surface area contributed by atoms with Gasteiger partial charge in [0.15, 0.2) is 0 Å². The third-order valence-corrected chi connectivity index (χ3v) is 3.36. The van der Waals surface area contributed by atoms with E-state index in [0.717, 1.165) is 19.4 Å². The molecular weight excluding hydrogens is 208 g/mol. The summed E-state index contributed by atoms with van der Waals surface area (Å²) in [5, 5.41) is 3.22. The van der Waals surface area contributed by atoms with Crippen LogP contribution in [-0.4, -0.2) is 43.9 Å². The number of carbonyl (C=O) groups excluding carboxylic acids is 1. The van der Waals surface area contributed by atoms with Crippen molar-refractivity contribution in [2.24, 2.45) is 11.7 Å². The van der Waals surface area contributed by atoms with Crippen LogP contribution in [0.5, 0.6) is 0 Å². The van der Waals surface area contributed by atoms with Gasteiger partial charge in [-0.15, -0.1) is 0 Å². The number of primary amides is 1. The van der Waals surface area contributed by atoms with Crippen LogP contribution in [-0.2, 0) is 14.3 Å². The van der Waals surface area contributed by atoms with E-state index in [4.69, 9.17) is 15.2 Å². The Kier molecular flexibility index (Phi) is 3.47. The molecule has 0 radical (unpaired) electrons. The highest BCUT2D eigenvalue weighted by Gasteiger charge is 2.50. The van der Waals surface area contributed by atoms with Crippen molar-refractivity contribution in [1.29, 1.82) is 0 Å². The number of hydrogen-bond donors (Lipinski definition) is 2. The molecule has 1 atom stereocenters. The molecule has 1 amide bonds. The van der Waals surface area contributed by atoms with E-state index in [1.807, 2.05) is 6.92 Å². The number of rotatable bonds is 7. The van der Waals surface area contributed by atoms with Gasteiger partial charge in [-0.2, -0.15) is 0 Å². The van der Waals surface area contributed by atoms with Crippen LogP contribution >= 0.6 is 0 Å². The summed E-state index contributed by atoms with van der Waals surface area (Å²) < 4.78 is 10.7. The van der Waals surface area contributed by atoms with Crippen molar-refractivity contribution in [3.05, 3.63) is 0 Å². The molecule has 16 heavy (non-hydrogen) atoms. The molecule has 1 saturated heterocycles. The Morgan fingerprint density at radius 1 is 1.56 bits per heavy atom. The van der Waals surface area contributed by atoms with Gasteiger partial charge in [0.05, 0.1) is 19.8 Å². The fourth-order valence-corrected chi connectivity index (χ4v) is 2.12. The largest absolute Gasteiger partial charge is 0.376 e. The Bertz CT molecular complexity index is 264. The minimum Gasteiger partial charge on any atom is -0.376 e. The van der Waals surface area contributed by atoms with Crippen molar-refractivity contribution in [3.63, 3.8) is 0 Å². The predicted molar refractivity (Wildman–Crippen MR) is 58.9 cm³/mol. The van der Waals surface area contributed by atoms with Gasteiger partial charge in [0, 0.05) is 0 Å². The van der Waals surface area contributed by atoms with Gasteiger partial charge in [0.1, 0.15) is 11.6 Å². The number of hydrogen-bond acceptors (Lipinski definition) is 4. The Morgan fingerprint density at radius 2 is 2.25 bits per heavy atom. The van der Waals surface area contributed by atoms with E-state index < -0.39 is 5.54 Å². The normalized spacial score (nSPS) is 24.8. The van der Waals surface area contributed by atoms with Gasteiger partial charge >= 0.3 is 0 Å². The highest BCUT2D eigenvalue weighted by atomic mass is 16.6. The molecule has 2 rings (SSSR count). The molecule has 1 aliphatic heterocycles. The van der Waals surface area contributed by atoms with Gasteiger partial charge in [0.2, 0.25) is 5.91 Å². The number of ether oxygens (including phenoxy) is 2. The Hall–Kier alpha value is -0.650. The maximum absolute atomic E-state index is 11.7. The van der Waals surface area contributed by atoms with E-state index in [1.165, 1.54) is 0 Å². The minimum absolute atomic E-state index is 0.135. The van der Waals surface area contributed by atoms with E-state index in [1.54, 1.807) is 0 Å². The maximum atomic E-state index is 11.7. The second-order valence-electron chi connectivity index (χ2n) is 4.61. The van der Waals surface area contributed by atoms with Crippen molar-refractivity contribution in [3.8, 4) is 0 Å². The fraction of sp³-hybridized carbons (Fsp3) is 0.909. The second-order valence-corrected chi connectivity index (χ2v) is 4.61. The van der Waals surface area contributed by atoms with Crippen molar-refractivity contribution < 1.29 is 14.3 Å². The van der Waals surface area contributed by atoms with E-state index in [0.29, 0.717) is 25.7 Å². The van der Waals surface area contributed by atoms with Crippen molar-refractivity contribution in [2.45, 2.75) is 31.4 Å². The summed E-state index contributed by atoms with van der Waals surface area (Å²) in [5.41, 5.74) is 4.87. The molecule has 0 aromatic carbocycles.